The topological polar surface area (TPSA) is 110 Å². The zero-order valence-corrected chi connectivity index (χ0v) is 15.1. The molecule has 0 saturated heterocycles. The second kappa shape index (κ2) is 7.78. The van der Waals surface area contributed by atoms with Gasteiger partial charge in [-0.3, -0.25) is 4.79 Å². The zero-order chi connectivity index (χ0) is 19.3. The highest BCUT2D eigenvalue weighted by atomic mass is 16.6. The number of hydrogen-bond donors (Lipinski definition) is 3. The Hall–Kier alpha value is -3.88. The van der Waals surface area contributed by atoms with Gasteiger partial charge in [0.1, 0.15) is 13.2 Å². The van der Waals surface area contributed by atoms with E-state index in [9.17, 15) is 4.79 Å². The van der Waals surface area contributed by atoms with Crippen molar-refractivity contribution in [3.05, 3.63) is 48.7 Å². The molecule has 0 aliphatic carbocycles. The Morgan fingerprint density at radius 3 is 2.43 bits per heavy atom. The molecule has 0 bridgehead atoms. The zero-order valence-electron chi connectivity index (χ0n) is 15.1. The van der Waals surface area contributed by atoms with Gasteiger partial charge in [-0.15, -0.1) is 5.10 Å². The lowest BCUT2D eigenvalue weighted by atomic mass is 10.2. The molecule has 9 heteroatoms. The number of hydrogen-bond acceptors (Lipinski definition) is 8. The predicted molar refractivity (Wildman–Crippen MR) is 105 cm³/mol. The van der Waals surface area contributed by atoms with Crippen LogP contribution in [0.5, 0.6) is 11.5 Å². The molecule has 1 aliphatic rings. The third-order valence-electron chi connectivity index (χ3n) is 3.83. The molecule has 1 aromatic heterocycles. The SMILES string of the molecule is CC(=O)Nc1ccc(Nc2cnnc(Nc3ccc4c(c3)OCCO4)n2)cc1. The third-order valence-corrected chi connectivity index (χ3v) is 3.83. The lowest BCUT2D eigenvalue weighted by molar-refractivity contribution is -0.114. The monoisotopic (exact) mass is 378 g/mol. The van der Waals surface area contributed by atoms with Crippen LogP contribution in [0, 0.1) is 0 Å². The summed E-state index contributed by atoms with van der Waals surface area (Å²) in [6.45, 7) is 2.54. The van der Waals surface area contributed by atoms with Gasteiger partial charge in [0.15, 0.2) is 17.3 Å². The Labute approximate surface area is 161 Å². The van der Waals surface area contributed by atoms with E-state index in [0.717, 1.165) is 17.1 Å². The normalized spacial score (nSPS) is 12.2. The summed E-state index contributed by atoms with van der Waals surface area (Å²) in [5.41, 5.74) is 2.29. The average Bonchev–Trinajstić information content (AvgIpc) is 2.69. The summed E-state index contributed by atoms with van der Waals surface area (Å²) < 4.78 is 11.1. The first-order valence-corrected chi connectivity index (χ1v) is 8.67. The Morgan fingerprint density at radius 1 is 0.929 bits per heavy atom. The molecular weight excluding hydrogens is 360 g/mol. The Balaban J connectivity index is 1.45. The van der Waals surface area contributed by atoms with E-state index >= 15 is 0 Å². The molecule has 0 fully saturated rings. The molecule has 0 atom stereocenters. The van der Waals surface area contributed by atoms with Gasteiger partial charge in [-0.25, -0.2) is 0 Å². The first-order valence-electron chi connectivity index (χ1n) is 8.67. The highest BCUT2D eigenvalue weighted by Crippen LogP contribution is 2.33. The summed E-state index contributed by atoms with van der Waals surface area (Å²) in [6.07, 6.45) is 1.52. The van der Waals surface area contributed by atoms with Crippen LogP contribution < -0.4 is 25.4 Å². The number of anilines is 5. The summed E-state index contributed by atoms with van der Waals surface area (Å²) in [7, 11) is 0. The smallest absolute Gasteiger partial charge is 0.249 e. The van der Waals surface area contributed by atoms with Crippen LogP contribution in [0.1, 0.15) is 6.92 Å². The number of carbonyl (C=O) groups excluding carboxylic acids is 1. The molecule has 2 aromatic carbocycles. The average molecular weight is 378 g/mol. The molecule has 1 amide bonds. The molecule has 0 unspecified atom stereocenters. The first kappa shape index (κ1) is 17.5. The van der Waals surface area contributed by atoms with E-state index in [4.69, 9.17) is 9.47 Å². The molecule has 28 heavy (non-hydrogen) atoms. The Bertz CT molecular complexity index is 993. The standard InChI is InChI=1S/C19H18N6O3/c1-12(26)21-13-2-4-14(5-3-13)22-18-11-20-25-19(24-18)23-15-6-7-16-17(10-15)28-9-8-27-16/h2-7,10-11H,8-9H2,1H3,(H,21,26)(H2,22,23,24,25). The fourth-order valence-corrected chi connectivity index (χ4v) is 2.65. The van der Waals surface area contributed by atoms with Gasteiger partial charge >= 0.3 is 0 Å². The molecule has 2 heterocycles. The summed E-state index contributed by atoms with van der Waals surface area (Å²) in [4.78, 5) is 15.5. The van der Waals surface area contributed by atoms with E-state index in [1.807, 2.05) is 30.3 Å². The first-order chi connectivity index (χ1) is 13.7. The maximum atomic E-state index is 11.1. The van der Waals surface area contributed by atoms with Crippen molar-refractivity contribution >= 4 is 34.7 Å². The molecule has 3 aromatic rings. The number of carbonyl (C=O) groups is 1. The number of nitrogens with zero attached hydrogens (tertiary/aromatic N) is 3. The largest absolute Gasteiger partial charge is 0.486 e. The van der Waals surface area contributed by atoms with Crippen molar-refractivity contribution in [3.63, 3.8) is 0 Å². The van der Waals surface area contributed by atoms with Gasteiger partial charge in [0.25, 0.3) is 0 Å². The van der Waals surface area contributed by atoms with Crippen molar-refractivity contribution in [3.8, 4) is 11.5 Å². The van der Waals surface area contributed by atoms with Crippen molar-refractivity contribution in [2.75, 3.05) is 29.2 Å². The van der Waals surface area contributed by atoms with Gasteiger partial charge in [-0.1, -0.05) is 0 Å². The van der Waals surface area contributed by atoms with E-state index in [1.54, 1.807) is 12.1 Å². The van der Waals surface area contributed by atoms with Gasteiger partial charge < -0.3 is 25.4 Å². The summed E-state index contributed by atoms with van der Waals surface area (Å²) in [5.74, 6) is 2.15. The third kappa shape index (κ3) is 4.26. The van der Waals surface area contributed by atoms with Crippen LogP contribution in [0.4, 0.5) is 28.8 Å². The van der Waals surface area contributed by atoms with Gasteiger partial charge in [-0.2, -0.15) is 10.1 Å². The van der Waals surface area contributed by atoms with E-state index in [2.05, 4.69) is 31.1 Å². The van der Waals surface area contributed by atoms with Crippen molar-refractivity contribution in [1.29, 1.82) is 0 Å². The highest BCUT2D eigenvalue weighted by molar-refractivity contribution is 5.88. The number of nitrogens with one attached hydrogen (secondary N) is 3. The van der Waals surface area contributed by atoms with Crippen LogP contribution in [0.2, 0.25) is 0 Å². The lowest BCUT2D eigenvalue weighted by Gasteiger charge is -2.19. The van der Waals surface area contributed by atoms with Crippen LogP contribution in [-0.2, 0) is 4.79 Å². The lowest BCUT2D eigenvalue weighted by Crippen LogP contribution is -2.15. The quantitative estimate of drug-likeness (QED) is 0.621. The van der Waals surface area contributed by atoms with Crippen molar-refractivity contribution in [2.24, 2.45) is 0 Å². The molecule has 4 rings (SSSR count). The number of amides is 1. The molecule has 3 N–H and O–H groups in total. The minimum atomic E-state index is -0.115. The van der Waals surface area contributed by atoms with Crippen LogP contribution >= 0.6 is 0 Å². The molecule has 0 radical (unpaired) electrons. The fourth-order valence-electron chi connectivity index (χ4n) is 2.65. The molecule has 0 saturated carbocycles. The van der Waals surface area contributed by atoms with Crippen molar-refractivity contribution in [2.45, 2.75) is 6.92 Å². The van der Waals surface area contributed by atoms with E-state index in [0.29, 0.717) is 36.5 Å². The number of rotatable bonds is 5. The minimum Gasteiger partial charge on any atom is -0.486 e. The van der Waals surface area contributed by atoms with Crippen LogP contribution in [0.25, 0.3) is 0 Å². The Morgan fingerprint density at radius 2 is 1.64 bits per heavy atom. The summed E-state index contributed by atoms with van der Waals surface area (Å²) in [5, 5.41) is 16.9. The molecule has 0 spiro atoms. The molecule has 142 valence electrons. The summed E-state index contributed by atoms with van der Waals surface area (Å²) >= 11 is 0. The fraction of sp³-hybridized carbons (Fsp3) is 0.158. The van der Waals surface area contributed by atoms with Crippen LogP contribution in [0.3, 0.4) is 0 Å². The van der Waals surface area contributed by atoms with E-state index in [1.165, 1.54) is 13.1 Å². The molecular formula is C19H18N6O3. The summed E-state index contributed by atoms with van der Waals surface area (Å²) in [6, 6.07) is 12.8. The van der Waals surface area contributed by atoms with Crippen molar-refractivity contribution < 1.29 is 14.3 Å². The number of aromatic nitrogens is 3. The minimum absolute atomic E-state index is 0.115. The second-order valence-corrected chi connectivity index (χ2v) is 6.03. The van der Waals surface area contributed by atoms with E-state index in [-0.39, 0.29) is 5.91 Å². The molecule has 9 nitrogen and oxygen atoms in total. The highest BCUT2D eigenvalue weighted by Gasteiger charge is 2.12. The Kier molecular flexibility index (Phi) is 4.87. The van der Waals surface area contributed by atoms with Gasteiger partial charge in [-0.05, 0) is 36.4 Å². The number of ether oxygens (including phenoxy) is 2. The maximum Gasteiger partial charge on any atom is 0.249 e. The van der Waals surface area contributed by atoms with Gasteiger partial charge in [0, 0.05) is 30.1 Å². The van der Waals surface area contributed by atoms with Crippen LogP contribution in [0.15, 0.2) is 48.7 Å². The van der Waals surface area contributed by atoms with Crippen molar-refractivity contribution in [1.82, 2.24) is 15.2 Å². The van der Waals surface area contributed by atoms with E-state index < -0.39 is 0 Å². The number of benzene rings is 2. The maximum absolute atomic E-state index is 11.1. The number of fused-ring (bicyclic) bond motifs is 1. The molecule has 1 aliphatic heterocycles. The predicted octanol–water partition coefficient (Wildman–Crippen LogP) is 3.09. The van der Waals surface area contributed by atoms with Gasteiger partial charge in [0.2, 0.25) is 11.9 Å². The van der Waals surface area contributed by atoms with Gasteiger partial charge in [0.05, 0.1) is 6.20 Å². The second-order valence-electron chi connectivity index (χ2n) is 6.03. The van der Waals surface area contributed by atoms with Crippen LogP contribution in [-0.4, -0.2) is 34.3 Å².